The second-order valence-electron chi connectivity index (χ2n) is 5.91. The number of aryl methyl sites for hydroxylation is 1. The Kier molecular flexibility index (Phi) is 3.76. The predicted molar refractivity (Wildman–Crippen MR) is 80.1 cm³/mol. The maximum atomic E-state index is 13.1. The summed E-state index contributed by atoms with van der Waals surface area (Å²) < 4.78 is 15.0. The van der Waals surface area contributed by atoms with E-state index in [9.17, 15) is 4.39 Å². The third-order valence-electron chi connectivity index (χ3n) is 4.27. The number of hydrogen-bond donors (Lipinski definition) is 0. The Morgan fingerprint density at radius 1 is 1.24 bits per heavy atom. The van der Waals surface area contributed by atoms with E-state index < -0.39 is 0 Å². The van der Waals surface area contributed by atoms with E-state index in [4.69, 9.17) is 0 Å². The van der Waals surface area contributed by atoms with Crippen LogP contribution >= 0.6 is 0 Å². The smallest absolute Gasteiger partial charge is 0.151 e. The molecule has 0 atom stereocenters. The van der Waals surface area contributed by atoms with Gasteiger partial charge in [-0.2, -0.15) is 5.10 Å². The molecule has 1 aromatic carbocycles. The molecule has 1 aliphatic carbocycles. The first kappa shape index (κ1) is 14.2. The van der Waals surface area contributed by atoms with Gasteiger partial charge in [0.2, 0.25) is 0 Å². The van der Waals surface area contributed by atoms with Crippen molar-refractivity contribution in [2.45, 2.75) is 38.1 Å². The average molecular weight is 288 g/mol. The maximum Gasteiger partial charge on any atom is 0.151 e. The highest BCUT2D eigenvalue weighted by Gasteiger charge is 2.35. The molecule has 0 saturated heterocycles. The van der Waals surface area contributed by atoms with Crippen molar-refractivity contribution in [1.29, 1.82) is 0 Å². The summed E-state index contributed by atoms with van der Waals surface area (Å²) in [6, 6.07) is 7.08. The van der Waals surface area contributed by atoms with Crippen LogP contribution in [0.4, 0.5) is 4.39 Å². The first-order valence-electron chi connectivity index (χ1n) is 7.46. The fourth-order valence-electron chi connectivity index (χ4n) is 2.78. The normalized spacial score (nSPS) is 21.6. The summed E-state index contributed by atoms with van der Waals surface area (Å²) in [5.41, 5.74) is 0.881. The highest BCUT2D eigenvalue weighted by atomic mass is 19.1. The van der Waals surface area contributed by atoms with Crippen LogP contribution in [0.25, 0.3) is 5.69 Å². The molecule has 3 rings (SSSR count). The van der Waals surface area contributed by atoms with Crippen molar-refractivity contribution in [2.24, 2.45) is 0 Å². The second kappa shape index (κ2) is 5.56. The van der Waals surface area contributed by atoms with Gasteiger partial charge in [-0.3, -0.25) is 0 Å². The van der Waals surface area contributed by atoms with Crippen LogP contribution in [0, 0.1) is 5.82 Å². The molecule has 0 unspecified atom stereocenters. The molecule has 0 radical (unpaired) electrons. The van der Waals surface area contributed by atoms with Crippen LogP contribution in [0.2, 0.25) is 0 Å². The van der Waals surface area contributed by atoms with E-state index in [0.717, 1.165) is 36.6 Å². The minimum absolute atomic E-state index is 0.229. The zero-order valence-corrected chi connectivity index (χ0v) is 12.8. The van der Waals surface area contributed by atoms with Gasteiger partial charge < -0.3 is 4.90 Å². The molecule has 4 nitrogen and oxygen atoms in total. The van der Waals surface area contributed by atoms with Gasteiger partial charge in [-0.1, -0.05) is 6.92 Å². The van der Waals surface area contributed by atoms with Crippen LogP contribution in [0.5, 0.6) is 0 Å². The quantitative estimate of drug-likeness (QED) is 0.867. The van der Waals surface area contributed by atoms with Crippen molar-refractivity contribution >= 4 is 0 Å². The number of benzene rings is 1. The van der Waals surface area contributed by atoms with E-state index in [1.807, 2.05) is 4.68 Å². The Hall–Kier alpha value is -1.75. The lowest BCUT2D eigenvalue weighted by Gasteiger charge is -2.39. The van der Waals surface area contributed by atoms with Gasteiger partial charge >= 0.3 is 0 Å². The van der Waals surface area contributed by atoms with Crippen molar-refractivity contribution < 1.29 is 4.39 Å². The largest absolute Gasteiger partial charge is 0.306 e. The van der Waals surface area contributed by atoms with Gasteiger partial charge in [-0.05, 0) is 51.2 Å². The van der Waals surface area contributed by atoms with Crippen molar-refractivity contribution in [3.8, 4) is 5.69 Å². The van der Waals surface area contributed by atoms with Crippen molar-refractivity contribution in [2.75, 3.05) is 14.1 Å². The van der Waals surface area contributed by atoms with Crippen LogP contribution in [0.1, 0.15) is 37.3 Å². The number of hydrogen-bond acceptors (Lipinski definition) is 3. The molecule has 0 aliphatic heterocycles. The second-order valence-corrected chi connectivity index (χ2v) is 5.91. The molecule has 1 heterocycles. The van der Waals surface area contributed by atoms with Crippen LogP contribution in [0.3, 0.4) is 0 Å². The van der Waals surface area contributed by atoms with E-state index in [-0.39, 0.29) is 5.82 Å². The van der Waals surface area contributed by atoms with E-state index in [1.54, 1.807) is 12.1 Å². The SMILES string of the molecule is CCc1nc(C2CC(N(C)C)C2)n(-c2ccc(F)cc2)n1. The predicted octanol–water partition coefficient (Wildman–Crippen LogP) is 2.78. The fraction of sp³-hybridized carbons (Fsp3) is 0.500. The molecule has 1 aromatic heterocycles. The van der Waals surface area contributed by atoms with Crippen LogP contribution < -0.4 is 0 Å². The molecule has 0 bridgehead atoms. The van der Waals surface area contributed by atoms with Crippen LogP contribution in [-0.2, 0) is 6.42 Å². The third-order valence-corrected chi connectivity index (χ3v) is 4.27. The Balaban J connectivity index is 1.90. The molecule has 1 fully saturated rings. The van der Waals surface area contributed by atoms with Crippen molar-refractivity contribution in [3.63, 3.8) is 0 Å². The summed E-state index contributed by atoms with van der Waals surface area (Å²) in [6.07, 6.45) is 3.02. The Bertz CT molecular complexity index is 612. The van der Waals surface area contributed by atoms with Gasteiger partial charge in [0, 0.05) is 18.4 Å². The molecule has 5 heteroatoms. The number of nitrogens with zero attached hydrogens (tertiary/aromatic N) is 4. The van der Waals surface area contributed by atoms with E-state index in [1.165, 1.54) is 12.1 Å². The number of halogens is 1. The van der Waals surface area contributed by atoms with Gasteiger partial charge in [0.15, 0.2) is 5.82 Å². The summed E-state index contributed by atoms with van der Waals surface area (Å²) in [4.78, 5) is 6.94. The van der Waals surface area contributed by atoms with Gasteiger partial charge in [0.05, 0.1) is 5.69 Å². The fourth-order valence-corrected chi connectivity index (χ4v) is 2.78. The lowest BCUT2D eigenvalue weighted by atomic mass is 9.79. The monoisotopic (exact) mass is 288 g/mol. The Morgan fingerprint density at radius 3 is 2.48 bits per heavy atom. The number of rotatable bonds is 4. The van der Waals surface area contributed by atoms with Crippen molar-refractivity contribution in [3.05, 3.63) is 41.7 Å². The van der Waals surface area contributed by atoms with E-state index >= 15 is 0 Å². The molecule has 0 amide bonds. The summed E-state index contributed by atoms with van der Waals surface area (Å²) in [6.45, 7) is 2.05. The van der Waals surface area contributed by atoms with E-state index in [0.29, 0.717) is 12.0 Å². The van der Waals surface area contributed by atoms with Gasteiger partial charge in [-0.25, -0.2) is 14.1 Å². The topological polar surface area (TPSA) is 34.0 Å². The highest BCUT2D eigenvalue weighted by Crippen LogP contribution is 2.38. The first-order chi connectivity index (χ1) is 10.1. The molecule has 21 heavy (non-hydrogen) atoms. The minimum atomic E-state index is -0.229. The van der Waals surface area contributed by atoms with Crippen LogP contribution in [0.15, 0.2) is 24.3 Å². The molecule has 1 aliphatic rings. The summed E-state index contributed by atoms with van der Waals surface area (Å²) >= 11 is 0. The lowest BCUT2D eigenvalue weighted by molar-refractivity contribution is 0.160. The molecule has 0 N–H and O–H groups in total. The zero-order valence-electron chi connectivity index (χ0n) is 12.8. The van der Waals surface area contributed by atoms with Gasteiger partial charge in [-0.15, -0.1) is 0 Å². The zero-order chi connectivity index (χ0) is 15.0. The molecule has 1 saturated carbocycles. The number of aromatic nitrogens is 3. The summed E-state index contributed by atoms with van der Waals surface area (Å²) in [7, 11) is 4.23. The maximum absolute atomic E-state index is 13.1. The summed E-state index contributed by atoms with van der Waals surface area (Å²) in [5, 5.41) is 4.57. The highest BCUT2D eigenvalue weighted by molar-refractivity contribution is 5.33. The van der Waals surface area contributed by atoms with E-state index in [2.05, 4.69) is 36.0 Å². The molecule has 112 valence electrons. The lowest BCUT2D eigenvalue weighted by Crippen LogP contribution is -2.40. The third kappa shape index (κ3) is 2.70. The first-order valence-corrected chi connectivity index (χ1v) is 7.46. The van der Waals surface area contributed by atoms with Crippen molar-refractivity contribution in [1.82, 2.24) is 19.7 Å². The molecular formula is C16H21FN4. The Morgan fingerprint density at radius 2 is 1.90 bits per heavy atom. The average Bonchev–Trinajstić information content (AvgIpc) is 2.81. The standard InChI is InChI=1S/C16H21FN4/c1-4-15-18-16(11-9-14(10-11)20(2)3)21(19-15)13-7-5-12(17)6-8-13/h5-8,11,14H,4,9-10H2,1-3H3. The van der Waals surface area contributed by atoms with Gasteiger partial charge in [0.1, 0.15) is 11.6 Å². The summed E-state index contributed by atoms with van der Waals surface area (Å²) in [5.74, 6) is 2.07. The van der Waals surface area contributed by atoms with Gasteiger partial charge in [0.25, 0.3) is 0 Å². The minimum Gasteiger partial charge on any atom is -0.306 e. The Labute approximate surface area is 124 Å². The molecule has 0 spiro atoms. The molecule has 2 aromatic rings. The van der Waals surface area contributed by atoms with Crippen LogP contribution in [-0.4, -0.2) is 39.8 Å². The molecular weight excluding hydrogens is 267 g/mol.